The maximum atomic E-state index is 6.53. The molecule has 0 amide bonds. The molecule has 0 fully saturated rings. The third kappa shape index (κ3) is 6.84. The Kier molecular flexibility index (Phi) is 8.89. The first-order chi connectivity index (χ1) is 19.0. The van der Waals surface area contributed by atoms with Crippen LogP contribution in [0.15, 0.2) is 54.1 Å². The first kappa shape index (κ1) is 27.3. The maximum absolute atomic E-state index is 6.53. The molecule has 5 rings (SSSR count). The van der Waals surface area contributed by atoms with Crippen molar-refractivity contribution in [3.63, 3.8) is 0 Å². The number of para-hydroxylation sites is 1. The minimum absolute atomic E-state index is 0.00278. The molecular weight excluding hydrogens is 500 g/mol. The summed E-state index contributed by atoms with van der Waals surface area (Å²) in [5.74, 6) is 1.23. The Morgan fingerprint density at radius 1 is 1.03 bits per heavy atom. The molecule has 0 saturated heterocycles. The van der Waals surface area contributed by atoms with Gasteiger partial charge in [-0.2, -0.15) is 9.36 Å². The number of rotatable bonds is 11. The predicted octanol–water partition coefficient (Wildman–Crippen LogP) is 7.85. The van der Waals surface area contributed by atoms with Crippen LogP contribution in [0.25, 0.3) is 17.0 Å². The number of nitrogens with one attached hydrogen (secondary N) is 2. The van der Waals surface area contributed by atoms with Gasteiger partial charge in [0.1, 0.15) is 0 Å². The predicted molar refractivity (Wildman–Crippen MR) is 166 cm³/mol. The minimum atomic E-state index is 0.00278. The smallest absolute Gasteiger partial charge is 0.207 e. The topological polar surface area (TPSA) is 88.8 Å². The summed E-state index contributed by atoms with van der Waals surface area (Å²) in [6, 6.07) is 17.0. The Morgan fingerprint density at radius 2 is 1.82 bits per heavy atom. The van der Waals surface area contributed by atoms with E-state index < -0.39 is 0 Å². The first-order valence-electron chi connectivity index (χ1n) is 14.3. The number of nitrogens with zero attached hydrogens (tertiary/aromatic N) is 3. The van der Waals surface area contributed by atoms with Gasteiger partial charge in [0, 0.05) is 46.6 Å². The second kappa shape index (κ2) is 12.7. The molecule has 0 radical (unpaired) electrons. The molecule has 4 N–H and O–H groups in total. The van der Waals surface area contributed by atoms with E-state index in [0.29, 0.717) is 11.7 Å². The van der Waals surface area contributed by atoms with Gasteiger partial charge in [-0.3, -0.25) is 4.98 Å². The van der Waals surface area contributed by atoms with Gasteiger partial charge in [0.15, 0.2) is 5.82 Å². The number of anilines is 3. The summed E-state index contributed by atoms with van der Waals surface area (Å²) in [6.07, 6.45) is 9.79. The highest BCUT2D eigenvalue weighted by molar-refractivity contribution is 7.09. The van der Waals surface area contributed by atoms with Crippen LogP contribution in [-0.4, -0.2) is 26.9 Å². The van der Waals surface area contributed by atoms with Crippen molar-refractivity contribution in [2.75, 3.05) is 17.2 Å². The van der Waals surface area contributed by atoms with E-state index in [0.717, 1.165) is 60.6 Å². The fraction of sp³-hybridized carbons (Fsp3) is 0.406. The lowest BCUT2D eigenvalue weighted by Gasteiger charge is -2.22. The van der Waals surface area contributed by atoms with Gasteiger partial charge in [-0.25, -0.2) is 0 Å². The zero-order valence-electron chi connectivity index (χ0n) is 23.3. The lowest BCUT2D eigenvalue weighted by Crippen LogP contribution is -2.21. The molecule has 1 unspecified atom stereocenters. The molecule has 2 heterocycles. The van der Waals surface area contributed by atoms with Gasteiger partial charge >= 0.3 is 0 Å². The summed E-state index contributed by atoms with van der Waals surface area (Å²) in [6.45, 7) is 7.42. The van der Waals surface area contributed by atoms with Crippen molar-refractivity contribution in [3.05, 3.63) is 76.7 Å². The van der Waals surface area contributed by atoms with Crippen molar-refractivity contribution in [2.45, 2.75) is 77.7 Å². The van der Waals surface area contributed by atoms with E-state index in [1.807, 2.05) is 6.08 Å². The molecule has 1 aliphatic carbocycles. The van der Waals surface area contributed by atoms with Crippen LogP contribution in [0.1, 0.15) is 81.4 Å². The largest absolute Gasteiger partial charge is 0.384 e. The zero-order valence-corrected chi connectivity index (χ0v) is 24.2. The molecule has 0 aliphatic heterocycles. The summed E-state index contributed by atoms with van der Waals surface area (Å²) in [5.41, 5.74) is 15.1. The molecule has 204 valence electrons. The summed E-state index contributed by atoms with van der Waals surface area (Å²) in [5, 5.41) is 9.16. The normalized spacial score (nSPS) is 14.4. The van der Waals surface area contributed by atoms with E-state index in [1.165, 1.54) is 52.3 Å². The van der Waals surface area contributed by atoms with Crippen LogP contribution in [0.5, 0.6) is 0 Å². The average molecular weight is 541 g/mol. The Balaban J connectivity index is 1.11. The van der Waals surface area contributed by atoms with Crippen molar-refractivity contribution in [2.24, 2.45) is 5.73 Å². The molecule has 0 bridgehead atoms. The summed E-state index contributed by atoms with van der Waals surface area (Å²) in [4.78, 5) is 9.59. The van der Waals surface area contributed by atoms with Crippen molar-refractivity contribution >= 4 is 45.0 Å². The van der Waals surface area contributed by atoms with Gasteiger partial charge in [-0.15, -0.1) is 0 Å². The molecule has 39 heavy (non-hydrogen) atoms. The molecule has 2 aromatic carbocycles. The lowest BCUT2D eigenvalue weighted by molar-refractivity contribution is 0.625. The standard InChI is InChI=1S/C32H40N6S/c1-21(2)23-15-17-24(18-16-23)35-32-37-30(38-39-32)20-22(3)27(33)12-8-9-19-34-31-25-10-4-6-13-28(25)36-29-14-7-5-11-26(29)31/h4,6,10,13,15-18,20-21,27H,5,7-9,11-12,14,19,33H2,1-3H3,(H,34,36)(H,35,37,38). The third-order valence-electron chi connectivity index (χ3n) is 7.62. The number of aromatic nitrogens is 3. The van der Waals surface area contributed by atoms with Crippen LogP contribution in [0, 0.1) is 0 Å². The van der Waals surface area contributed by atoms with Crippen LogP contribution in [0.4, 0.5) is 16.5 Å². The second-order valence-corrected chi connectivity index (χ2v) is 11.7. The number of hydrogen-bond donors (Lipinski definition) is 3. The third-order valence-corrected chi connectivity index (χ3v) is 8.27. The Morgan fingerprint density at radius 3 is 2.64 bits per heavy atom. The molecular formula is C32H40N6S. The Hall–Kier alpha value is -3.29. The highest BCUT2D eigenvalue weighted by Gasteiger charge is 2.18. The van der Waals surface area contributed by atoms with Crippen molar-refractivity contribution in [1.29, 1.82) is 0 Å². The Labute approximate surface area is 236 Å². The zero-order chi connectivity index (χ0) is 27.2. The average Bonchev–Trinajstić information content (AvgIpc) is 3.38. The molecule has 4 aromatic rings. The van der Waals surface area contributed by atoms with Gasteiger partial charge in [0.2, 0.25) is 5.13 Å². The molecule has 1 aliphatic rings. The van der Waals surface area contributed by atoms with E-state index in [-0.39, 0.29) is 6.04 Å². The fourth-order valence-electron chi connectivity index (χ4n) is 5.23. The fourth-order valence-corrected chi connectivity index (χ4v) is 5.81. The summed E-state index contributed by atoms with van der Waals surface area (Å²) >= 11 is 1.37. The van der Waals surface area contributed by atoms with Gasteiger partial charge in [0.05, 0.1) is 5.52 Å². The van der Waals surface area contributed by atoms with Crippen LogP contribution in [0.2, 0.25) is 0 Å². The van der Waals surface area contributed by atoms with E-state index in [1.54, 1.807) is 0 Å². The molecule has 0 saturated carbocycles. The molecule has 7 heteroatoms. The van der Waals surface area contributed by atoms with Crippen molar-refractivity contribution < 1.29 is 0 Å². The SMILES string of the molecule is CC(=Cc1nsc(Nc2ccc(C(C)C)cc2)n1)C(N)CCCCNc1c2c(nc3ccccc13)CCCC2. The van der Waals surface area contributed by atoms with Gasteiger partial charge < -0.3 is 16.4 Å². The van der Waals surface area contributed by atoms with Gasteiger partial charge in [-0.1, -0.05) is 49.8 Å². The Bertz CT molecular complexity index is 1420. The van der Waals surface area contributed by atoms with Gasteiger partial charge in [0.25, 0.3) is 0 Å². The minimum Gasteiger partial charge on any atom is -0.384 e. The lowest BCUT2D eigenvalue weighted by atomic mass is 9.92. The quantitative estimate of drug-likeness (QED) is 0.168. The highest BCUT2D eigenvalue weighted by Crippen LogP contribution is 2.33. The van der Waals surface area contributed by atoms with E-state index in [2.05, 4.69) is 89.3 Å². The molecule has 1 atom stereocenters. The molecule has 2 aromatic heterocycles. The van der Waals surface area contributed by atoms with E-state index in [4.69, 9.17) is 10.7 Å². The van der Waals surface area contributed by atoms with E-state index in [9.17, 15) is 0 Å². The van der Waals surface area contributed by atoms with E-state index >= 15 is 0 Å². The van der Waals surface area contributed by atoms with Crippen molar-refractivity contribution in [3.8, 4) is 0 Å². The summed E-state index contributed by atoms with van der Waals surface area (Å²) in [7, 11) is 0. The number of benzene rings is 2. The number of unbranched alkanes of at least 4 members (excludes halogenated alkanes) is 1. The maximum Gasteiger partial charge on any atom is 0.207 e. The monoisotopic (exact) mass is 540 g/mol. The summed E-state index contributed by atoms with van der Waals surface area (Å²) < 4.78 is 4.50. The van der Waals surface area contributed by atoms with Gasteiger partial charge in [-0.05, 0) is 93.2 Å². The molecule has 0 spiro atoms. The van der Waals surface area contributed by atoms with Crippen LogP contribution < -0.4 is 16.4 Å². The number of hydrogen-bond acceptors (Lipinski definition) is 7. The van der Waals surface area contributed by atoms with Crippen LogP contribution in [-0.2, 0) is 12.8 Å². The second-order valence-electron chi connectivity index (χ2n) is 10.9. The van der Waals surface area contributed by atoms with Crippen LogP contribution in [0.3, 0.4) is 0 Å². The van der Waals surface area contributed by atoms with Crippen LogP contribution >= 0.6 is 11.5 Å². The highest BCUT2D eigenvalue weighted by atomic mass is 32.1. The number of pyridine rings is 1. The number of fused-ring (bicyclic) bond motifs is 2. The first-order valence-corrected chi connectivity index (χ1v) is 15.0. The molecule has 6 nitrogen and oxygen atoms in total. The van der Waals surface area contributed by atoms with Crippen molar-refractivity contribution in [1.82, 2.24) is 14.3 Å². The number of aryl methyl sites for hydroxylation is 1. The number of nitrogens with two attached hydrogens (primary N) is 1.